The molecule has 0 bridgehead atoms. The number of aromatic nitrogens is 2. The van der Waals surface area contributed by atoms with Gasteiger partial charge in [-0.25, -0.2) is 4.68 Å². The van der Waals surface area contributed by atoms with Crippen molar-refractivity contribution in [3.63, 3.8) is 0 Å². The van der Waals surface area contributed by atoms with Gasteiger partial charge in [0, 0.05) is 30.7 Å². The number of carbonyl (C=O) groups excluding carboxylic acids is 1. The van der Waals surface area contributed by atoms with Crippen molar-refractivity contribution in [2.24, 2.45) is 5.92 Å². The summed E-state index contributed by atoms with van der Waals surface area (Å²) in [5, 5.41) is 11.3. The van der Waals surface area contributed by atoms with Gasteiger partial charge in [0.1, 0.15) is 0 Å². The first-order valence-corrected chi connectivity index (χ1v) is 9.25. The van der Waals surface area contributed by atoms with Gasteiger partial charge >= 0.3 is 0 Å². The molecular weight excluding hydrogens is 312 g/mol. The molecule has 2 N–H and O–H groups in total. The monoisotopic (exact) mass is 340 g/mol. The first kappa shape index (κ1) is 17.7. The molecule has 1 heterocycles. The summed E-state index contributed by atoms with van der Waals surface area (Å²) in [5.74, 6) is 0.338. The Labute approximate surface area is 149 Å². The molecular formula is C20H28N4O. The zero-order chi connectivity index (χ0) is 17.6. The van der Waals surface area contributed by atoms with E-state index in [0.717, 1.165) is 43.6 Å². The maximum Gasteiger partial charge on any atom is 0.223 e. The van der Waals surface area contributed by atoms with Crippen LogP contribution in [0.3, 0.4) is 0 Å². The van der Waals surface area contributed by atoms with E-state index in [1.165, 1.54) is 0 Å². The topological polar surface area (TPSA) is 59.0 Å². The van der Waals surface area contributed by atoms with E-state index >= 15 is 0 Å². The number of rotatable bonds is 6. The van der Waals surface area contributed by atoms with Gasteiger partial charge in [-0.05, 0) is 51.3 Å². The number of carbonyl (C=O) groups is 1. The minimum Gasteiger partial charge on any atom is -0.354 e. The van der Waals surface area contributed by atoms with Crippen molar-refractivity contribution >= 4 is 5.91 Å². The Morgan fingerprint density at radius 2 is 2.04 bits per heavy atom. The summed E-state index contributed by atoms with van der Waals surface area (Å²) in [6, 6.07) is 12.8. The van der Waals surface area contributed by atoms with Crippen molar-refractivity contribution in [1.82, 2.24) is 20.4 Å². The summed E-state index contributed by atoms with van der Waals surface area (Å²) >= 11 is 0. The Kier molecular flexibility index (Phi) is 5.87. The molecule has 2 aromatic rings. The van der Waals surface area contributed by atoms with Crippen molar-refractivity contribution in [2.75, 3.05) is 0 Å². The summed E-state index contributed by atoms with van der Waals surface area (Å²) in [6.07, 6.45) is 6.14. The lowest BCUT2D eigenvalue weighted by Crippen LogP contribution is -2.42. The number of hydrogen-bond donors (Lipinski definition) is 2. The number of nitrogens with zero attached hydrogens (tertiary/aromatic N) is 2. The molecule has 5 nitrogen and oxygen atoms in total. The smallest absolute Gasteiger partial charge is 0.223 e. The zero-order valence-corrected chi connectivity index (χ0v) is 15.1. The lowest BCUT2D eigenvalue weighted by atomic mass is 9.85. The molecule has 1 aliphatic rings. The van der Waals surface area contributed by atoms with Crippen LogP contribution in [0, 0.1) is 5.92 Å². The molecule has 3 rings (SSSR count). The third kappa shape index (κ3) is 4.92. The van der Waals surface area contributed by atoms with Gasteiger partial charge in [0.25, 0.3) is 0 Å². The Morgan fingerprint density at radius 1 is 1.24 bits per heavy atom. The van der Waals surface area contributed by atoms with Crippen molar-refractivity contribution < 1.29 is 4.79 Å². The van der Waals surface area contributed by atoms with E-state index in [1.54, 1.807) is 0 Å². The molecule has 0 radical (unpaired) electrons. The molecule has 25 heavy (non-hydrogen) atoms. The number of benzene rings is 1. The lowest BCUT2D eigenvalue weighted by molar-refractivity contribution is -0.126. The number of para-hydroxylation sites is 1. The van der Waals surface area contributed by atoms with Gasteiger partial charge in [0.15, 0.2) is 0 Å². The van der Waals surface area contributed by atoms with E-state index < -0.39 is 0 Å². The highest BCUT2D eigenvalue weighted by Gasteiger charge is 2.27. The van der Waals surface area contributed by atoms with Gasteiger partial charge in [-0.3, -0.25) is 4.79 Å². The average Bonchev–Trinajstić information content (AvgIpc) is 3.09. The molecule has 1 aliphatic carbocycles. The Hall–Kier alpha value is -2.14. The molecule has 134 valence electrons. The molecule has 2 atom stereocenters. The Morgan fingerprint density at radius 3 is 2.80 bits per heavy atom. The molecule has 1 fully saturated rings. The van der Waals surface area contributed by atoms with Crippen molar-refractivity contribution in [3.05, 3.63) is 48.3 Å². The first-order chi connectivity index (χ1) is 12.1. The molecule has 1 amide bonds. The quantitative estimate of drug-likeness (QED) is 0.850. The van der Waals surface area contributed by atoms with E-state index in [1.807, 2.05) is 61.1 Å². The van der Waals surface area contributed by atoms with E-state index in [4.69, 9.17) is 0 Å². The molecule has 0 unspecified atom stereocenters. The van der Waals surface area contributed by atoms with Crippen LogP contribution >= 0.6 is 0 Å². The second kappa shape index (κ2) is 8.30. The van der Waals surface area contributed by atoms with Crippen LogP contribution in [0.4, 0.5) is 0 Å². The van der Waals surface area contributed by atoms with Crippen LogP contribution in [0.2, 0.25) is 0 Å². The molecule has 0 saturated heterocycles. The van der Waals surface area contributed by atoms with E-state index in [-0.39, 0.29) is 17.9 Å². The fraction of sp³-hybridized carbons (Fsp3) is 0.500. The molecule has 1 saturated carbocycles. The van der Waals surface area contributed by atoms with Gasteiger partial charge in [0.2, 0.25) is 5.91 Å². The van der Waals surface area contributed by atoms with Gasteiger partial charge in [0.05, 0.1) is 11.4 Å². The average molecular weight is 340 g/mol. The van der Waals surface area contributed by atoms with Gasteiger partial charge in [-0.2, -0.15) is 5.10 Å². The van der Waals surface area contributed by atoms with E-state index in [2.05, 4.69) is 15.7 Å². The van der Waals surface area contributed by atoms with Crippen LogP contribution in [-0.4, -0.2) is 27.8 Å². The van der Waals surface area contributed by atoms with Crippen LogP contribution < -0.4 is 10.6 Å². The van der Waals surface area contributed by atoms with Crippen LogP contribution in [0.5, 0.6) is 0 Å². The lowest BCUT2D eigenvalue weighted by Gasteiger charge is -2.29. The SMILES string of the molecule is CC(C)NC(=O)[C@@H]1CCC[C@@H](NCc2ccn(-c3ccccc3)n2)C1. The number of hydrogen-bond acceptors (Lipinski definition) is 3. The normalized spacial score (nSPS) is 20.6. The number of nitrogens with one attached hydrogen (secondary N) is 2. The molecule has 1 aromatic carbocycles. The third-order valence-corrected chi connectivity index (χ3v) is 4.71. The Bertz CT molecular complexity index is 680. The Balaban J connectivity index is 1.52. The fourth-order valence-corrected chi connectivity index (χ4v) is 3.45. The highest BCUT2D eigenvalue weighted by Crippen LogP contribution is 2.25. The fourth-order valence-electron chi connectivity index (χ4n) is 3.45. The predicted molar refractivity (Wildman–Crippen MR) is 99.4 cm³/mol. The zero-order valence-electron chi connectivity index (χ0n) is 15.1. The van der Waals surface area contributed by atoms with Crippen molar-refractivity contribution in [1.29, 1.82) is 0 Å². The van der Waals surface area contributed by atoms with Gasteiger partial charge in [-0.15, -0.1) is 0 Å². The first-order valence-electron chi connectivity index (χ1n) is 9.25. The largest absolute Gasteiger partial charge is 0.354 e. The second-order valence-corrected chi connectivity index (χ2v) is 7.19. The van der Waals surface area contributed by atoms with E-state index in [9.17, 15) is 4.79 Å². The van der Waals surface area contributed by atoms with Crippen molar-refractivity contribution in [3.8, 4) is 5.69 Å². The second-order valence-electron chi connectivity index (χ2n) is 7.19. The highest BCUT2D eigenvalue weighted by molar-refractivity contribution is 5.79. The summed E-state index contributed by atoms with van der Waals surface area (Å²) in [6.45, 7) is 4.77. The minimum atomic E-state index is 0.135. The van der Waals surface area contributed by atoms with Crippen LogP contribution in [-0.2, 0) is 11.3 Å². The summed E-state index contributed by atoms with van der Waals surface area (Å²) < 4.78 is 1.90. The standard InChI is InChI=1S/C20H28N4O/c1-15(2)22-20(25)16-7-6-8-17(13-16)21-14-18-11-12-24(23-18)19-9-4-3-5-10-19/h3-5,9-12,15-17,21H,6-8,13-14H2,1-2H3,(H,22,25)/t16-,17-/m1/s1. The molecule has 5 heteroatoms. The molecule has 0 spiro atoms. The maximum atomic E-state index is 12.2. The summed E-state index contributed by atoms with van der Waals surface area (Å²) in [4.78, 5) is 12.2. The van der Waals surface area contributed by atoms with Crippen LogP contribution in [0.15, 0.2) is 42.6 Å². The van der Waals surface area contributed by atoms with E-state index in [0.29, 0.717) is 6.04 Å². The molecule has 1 aromatic heterocycles. The third-order valence-electron chi connectivity index (χ3n) is 4.71. The van der Waals surface area contributed by atoms with Crippen LogP contribution in [0.1, 0.15) is 45.2 Å². The summed E-state index contributed by atoms with van der Waals surface area (Å²) in [5.41, 5.74) is 2.09. The predicted octanol–water partition coefficient (Wildman–Crippen LogP) is 3.05. The van der Waals surface area contributed by atoms with Crippen LogP contribution in [0.25, 0.3) is 5.69 Å². The summed E-state index contributed by atoms with van der Waals surface area (Å²) in [7, 11) is 0. The highest BCUT2D eigenvalue weighted by atomic mass is 16.1. The number of amides is 1. The van der Waals surface area contributed by atoms with Gasteiger partial charge in [-0.1, -0.05) is 24.6 Å². The van der Waals surface area contributed by atoms with Crippen molar-refractivity contribution in [2.45, 2.75) is 58.2 Å². The van der Waals surface area contributed by atoms with Gasteiger partial charge < -0.3 is 10.6 Å². The molecule has 0 aliphatic heterocycles. The maximum absolute atomic E-state index is 12.2. The minimum absolute atomic E-state index is 0.135.